The minimum atomic E-state index is -0.174. The number of pyridine rings is 1. The highest BCUT2D eigenvalue weighted by Gasteiger charge is 2.27. The van der Waals surface area contributed by atoms with E-state index in [-0.39, 0.29) is 18.0 Å². The minimum Gasteiger partial charge on any atom is -0.346 e. The Hall–Kier alpha value is -1.95. The number of fused-ring (bicyclic) bond motifs is 1. The summed E-state index contributed by atoms with van der Waals surface area (Å²) in [6.07, 6.45) is 5.62. The number of amides is 1. The number of hydrogen-bond donors (Lipinski definition) is 2. The third-order valence-electron chi connectivity index (χ3n) is 4.27. The van der Waals surface area contributed by atoms with Gasteiger partial charge in [-0.05, 0) is 37.8 Å². The van der Waals surface area contributed by atoms with Crippen molar-refractivity contribution < 1.29 is 4.79 Å². The Balaban J connectivity index is 1.65. The topological polar surface area (TPSA) is 85.3 Å². The van der Waals surface area contributed by atoms with Crippen LogP contribution in [0.1, 0.15) is 44.5 Å². The lowest BCUT2D eigenvalue weighted by molar-refractivity contribution is -0.122. The van der Waals surface area contributed by atoms with Gasteiger partial charge in [0.05, 0.1) is 6.04 Å². The molecule has 3 N–H and O–H groups in total. The van der Waals surface area contributed by atoms with Crippen LogP contribution in [0.5, 0.6) is 0 Å². The van der Waals surface area contributed by atoms with Crippen molar-refractivity contribution in [1.82, 2.24) is 19.9 Å². The predicted octanol–water partition coefficient (Wildman–Crippen LogP) is 1.42. The lowest BCUT2D eigenvalue weighted by Crippen LogP contribution is -2.33. The van der Waals surface area contributed by atoms with E-state index in [9.17, 15) is 4.79 Å². The summed E-state index contributed by atoms with van der Waals surface area (Å²) < 4.78 is 1.90. The predicted molar refractivity (Wildman–Crippen MR) is 79.5 cm³/mol. The third kappa shape index (κ3) is 2.90. The van der Waals surface area contributed by atoms with E-state index in [4.69, 9.17) is 5.73 Å². The molecule has 112 valence electrons. The molecule has 6 nitrogen and oxygen atoms in total. The van der Waals surface area contributed by atoms with Crippen LogP contribution < -0.4 is 11.1 Å². The summed E-state index contributed by atoms with van der Waals surface area (Å²) >= 11 is 0. The lowest BCUT2D eigenvalue weighted by Gasteiger charge is -2.17. The molecule has 1 aliphatic rings. The van der Waals surface area contributed by atoms with E-state index in [2.05, 4.69) is 15.5 Å². The van der Waals surface area contributed by atoms with E-state index >= 15 is 0 Å². The molecule has 1 aliphatic carbocycles. The summed E-state index contributed by atoms with van der Waals surface area (Å²) in [5, 5.41) is 11.3. The number of nitrogens with two attached hydrogens (primary N) is 1. The van der Waals surface area contributed by atoms with Crippen molar-refractivity contribution in [3.63, 3.8) is 0 Å². The van der Waals surface area contributed by atoms with Crippen LogP contribution in [0.4, 0.5) is 0 Å². The lowest BCUT2D eigenvalue weighted by atomic mass is 10.00. The quantitative estimate of drug-likeness (QED) is 0.890. The van der Waals surface area contributed by atoms with Gasteiger partial charge in [-0.15, -0.1) is 10.2 Å². The SMILES string of the molecule is CC(NC(=O)C[C@@H]1CCC[C@H]1N)c1nnc2ccccn12. The zero-order valence-electron chi connectivity index (χ0n) is 12.2. The Kier molecular flexibility index (Phi) is 3.88. The molecule has 3 rings (SSSR count). The van der Waals surface area contributed by atoms with E-state index in [1.54, 1.807) is 0 Å². The number of carbonyl (C=O) groups is 1. The molecule has 1 amide bonds. The first-order valence-electron chi connectivity index (χ1n) is 7.50. The maximum absolute atomic E-state index is 12.2. The summed E-state index contributed by atoms with van der Waals surface area (Å²) in [6.45, 7) is 1.93. The molecule has 0 bridgehead atoms. The summed E-state index contributed by atoms with van der Waals surface area (Å²) in [5.74, 6) is 1.10. The molecule has 0 aliphatic heterocycles. The standard InChI is InChI=1S/C15H21N5O/c1-10(15-19-18-13-7-2-3-8-20(13)15)17-14(21)9-11-5-4-6-12(11)16/h2-3,7-8,10-12H,4-6,9,16H2,1H3,(H,17,21)/t10?,11-,12+/m0/s1. The first kappa shape index (κ1) is 14.0. The van der Waals surface area contributed by atoms with Crippen molar-refractivity contribution in [2.75, 3.05) is 0 Å². The van der Waals surface area contributed by atoms with Gasteiger partial charge in [0.25, 0.3) is 0 Å². The van der Waals surface area contributed by atoms with E-state index in [1.807, 2.05) is 35.7 Å². The van der Waals surface area contributed by atoms with Gasteiger partial charge in [0.15, 0.2) is 11.5 Å². The van der Waals surface area contributed by atoms with Crippen LogP contribution in [0.2, 0.25) is 0 Å². The van der Waals surface area contributed by atoms with Crippen LogP contribution in [0.3, 0.4) is 0 Å². The molecule has 0 spiro atoms. The first-order valence-corrected chi connectivity index (χ1v) is 7.50. The maximum Gasteiger partial charge on any atom is 0.220 e. The number of rotatable bonds is 4. The van der Waals surface area contributed by atoms with Crippen molar-refractivity contribution in [3.8, 4) is 0 Å². The molecule has 2 heterocycles. The largest absolute Gasteiger partial charge is 0.346 e. The van der Waals surface area contributed by atoms with Gasteiger partial charge >= 0.3 is 0 Å². The Bertz CT molecular complexity index is 638. The molecule has 0 aromatic carbocycles. The number of hydrogen-bond acceptors (Lipinski definition) is 4. The highest BCUT2D eigenvalue weighted by Crippen LogP contribution is 2.27. The van der Waals surface area contributed by atoms with Crippen LogP contribution in [-0.4, -0.2) is 26.5 Å². The number of nitrogens with one attached hydrogen (secondary N) is 1. The fraction of sp³-hybridized carbons (Fsp3) is 0.533. The van der Waals surface area contributed by atoms with Crippen LogP contribution in [-0.2, 0) is 4.79 Å². The van der Waals surface area contributed by atoms with Gasteiger partial charge in [-0.1, -0.05) is 12.5 Å². The first-order chi connectivity index (χ1) is 10.1. The zero-order valence-corrected chi connectivity index (χ0v) is 12.2. The van der Waals surface area contributed by atoms with Crippen molar-refractivity contribution in [2.45, 2.75) is 44.7 Å². The number of aromatic nitrogens is 3. The number of carbonyl (C=O) groups excluding carboxylic acids is 1. The van der Waals surface area contributed by atoms with Crippen LogP contribution in [0.15, 0.2) is 24.4 Å². The highest BCUT2D eigenvalue weighted by molar-refractivity contribution is 5.76. The highest BCUT2D eigenvalue weighted by atomic mass is 16.1. The summed E-state index contributed by atoms with van der Waals surface area (Å²) in [4.78, 5) is 12.2. The Morgan fingerprint density at radius 1 is 1.48 bits per heavy atom. The molecule has 0 saturated heterocycles. The number of nitrogens with zero attached hydrogens (tertiary/aromatic N) is 3. The van der Waals surface area contributed by atoms with E-state index < -0.39 is 0 Å². The molecule has 21 heavy (non-hydrogen) atoms. The van der Waals surface area contributed by atoms with Crippen molar-refractivity contribution in [3.05, 3.63) is 30.2 Å². The molecule has 2 aromatic heterocycles. The summed E-state index contributed by atoms with van der Waals surface area (Å²) in [5.41, 5.74) is 6.80. The average Bonchev–Trinajstić information content (AvgIpc) is 3.05. The van der Waals surface area contributed by atoms with Crippen molar-refractivity contribution in [1.29, 1.82) is 0 Å². The molecule has 3 atom stereocenters. The molecule has 1 unspecified atom stereocenters. The fourth-order valence-electron chi connectivity index (χ4n) is 3.08. The molecule has 1 saturated carbocycles. The normalized spacial score (nSPS) is 23.3. The molecular formula is C15H21N5O. The molecule has 1 fully saturated rings. The van der Waals surface area contributed by atoms with Gasteiger partial charge < -0.3 is 11.1 Å². The average molecular weight is 287 g/mol. The van der Waals surface area contributed by atoms with Gasteiger partial charge in [-0.25, -0.2) is 0 Å². The van der Waals surface area contributed by atoms with Crippen molar-refractivity contribution >= 4 is 11.6 Å². The summed E-state index contributed by atoms with van der Waals surface area (Å²) in [6, 6.07) is 5.72. The third-order valence-corrected chi connectivity index (χ3v) is 4.27. The van der Waals surface area contributed by atoms with Gasteiger partial charge in [0.2, 0.25) is 5.91 Å². The second kappa shape index (κ2) is 5.81. The Labute approximate surface area is 123 Å². The van der Waals surface area contributed by atoms with E-state index in [0.717, 1.165) is 30.7 Å². The van der Waals surface area contributed by atoms with Gasteiger partial charge in [0.1, 0.15) is 0 Å². The monoisotopic (exact) mass is 287 g/mol. The second-order valence-electron chi connectivity index (χ2n) is 5.84. The Morgan fingerprint density at radius 2 is 2.33 bits per heavy atom. The molecule has 6 heteroatoms. The van der Waals surface area contributed by atoms with Crippen molar-refractivity contribution in [2.24, 2.45) is 11.7 Å². The summed E-state index contributed by atoms with van der Waals surface area (Å²) in [7, 11) is 0. The van der Waals surface area contributed by atoms with E-state index in [1.165, 1.54) is 0 Å². The molecular weight excluding hydrogens is 266 g/mol. The van der Waals surface area contributed by atoms with Gasteiger partial charge in [0, 0.05) is 18.7 Å². The van der Waals surface area contributed by atoms with Gasteiger partial charge in [-0.3, -0.25) is 9.20 Å². The maximum atomic E-state index is 12.2. The smallest absolute Gasteiger partial charge is 0.220 e. The second-order valence-corrected chi connectivity index (χ2v) is 5.84. The van der Waals surface area contributed by atoms with E-state index in [0.29, 0.717) is 12.3 Å². The molecule has 0 radical (unpaired) electrons. The Morgan fingerprint density at radius 3 is 3.10 bits per heavy atom. The van der Waals surface area contributed by atoms with Gasteiger partial charge in [-0.2, -0.15) is 0 Å². The molecule has 2 aromatic rings. The minimum absolute atomic E-state index is 0.0394. The van der Waals surface area contributed by atoms with Crippen LogP contribution >= 0.6 is 0 Å². The zero-order chi connectivity index (χ0) is 14.8. The van der Waals surface area contributed by atoms with Crippen LogP contribution in [0, 0.1) is 5.92 Å². The fourth-order valence-corrected chi connectivity index (χ4v) is 3.08. The van der Waals surface area contributed by atoms with Crippen LogP contribution in [0.25, 0.3) is 5.65 Å².